The quantitative estimate of drug-likeness (QED) is 0.475. The van der Waals surface area contributed by atoms with Crippen molar-refractivity contribution in [1.82, 2.24) is 0 Å². The minimum atomic E-state index is -0.272. The summed E-state index contributed by atoms with van der Waals surface area (Å²) in [6, 6.07) is 0. The maximum atomic E-state index is 11.3. The Morgan fingerprint density at radius 3 is 2.40 bits per heavy atom. The molecule has 0 fully saturated rings. The number of hydrogen-bond donors (Lipinski definition) is 0. The molecule has 88 valence electrons. The van der Waals surface area contributed by atoms with E-state index in [9.17, 15) is 4.79 Å². The Morgan fingerprint density at radius 1 is 1.40 bits per heavy atom. The minimum absolute atomic E-state index is 0.126. The topological polar surface area (TPSA) is 26.3 Å². The third-order valence-electron chi connectivity index (χ3n) is 2.89. The summed E-state index contributed by atoms with van der Waals surface area (Å²) >= 11 is 0. The summed E-state index contributed by atoms with van der Waals surface area (Å²) < 4.78 is 5.22. The van der Waals surface area contributed by atoms with Crippen LogP contribution < -0.4 is 0 Å². The Bertz CT molecular complexity index is 221. The summed E-state index contributed by atoms with van der Waals surface area (Å²) in [6.07, 6.45) is 4.53. The molecule has 0 amide bonds. The van der Waals surface area contributed by atoms with E-state index in [4.69, 9.17) is 4.74 Å². The molecule has 2 nitrogen and oxygen atoms in total. The van der Waals surface area contributed by atoms with Gasteiger partial charge in [-0.2, -0.15) is 0 Å². The smallest absolute Gasteiger partial charge is 0.333 e. The number of carbonyl (C=O) groups is 1. The number of unbranched alkanes of at least 4 members (excludes halogenated alkanes) is 1. The normalized spacial score (nSPS) is 14.4. The van der Waals surface area contributed by atoms with Crippen LogP contribution in [0.3, 0.4) is 0 Å². The van der Waals surface area contributed by atoms with Crippen molar-refractivity contribution in [3.05, 3.63) is 12.2 Å². The van der Waals surface area contributed by atoms with Crippen LogP contribution in [0.15, 0.2) is 12.2 Å². The van der Waals surface area contributed by atoms with E-state index in [1.165, 1.54) is 12.8 Å². The van der Waals surface area contributed by atoms with E-state index >= 15 is 0 Å². The number of ether oxygens (including phenoxy) is 1. The number of hydrogen-bond acceptors (Lipinski definition) is 2. The molecule has 0 N–H and O–H groups in total. The number of rotatable bonds is 7. The van der Waals surface area contributed by atoms with Crippen LogP contribution in [0.5, 0.6) is 0 Å². The molecule has 1 atom stereocenters. The van der Waals surface area contributed by atoms with Crippen LogP contribution in [0.4, 0.5) is 0 Å². The first-order chi connectivity index (χ1) is 6.95. The summed E-state index contributed by atoms with van der Waals surface area (Å²) in [5, 5.41) is 0. The minimum Gasteiger partial charge on any atom is -0.462 e. The van der Waals surface area contributed by atoms with Gasteiger partial charge in [0.1, 0.15) is 0 Å². The number of carbonyl (C=O) groups excluding carboxylic acids is 1. The standard InChI is InChI=1S/C13H24O2/c1-6-8-9-13(5,7-2)10-15-12(14)11(3)4/h3,6-10H2,1-2,4-5H3. The average molecular weight is 212 g/mol. The average Bonchev–Trinajstić information content (AvgIpc) is 2.22. The highest BCUT2D eigenvalue weighted by molar-refractivity contribution is 5.86. The molecule has 0 bridgehead atoms. The Balaban J connectivity index is 4.08. The third kappa shape index (κ3) is 5.60. The predicted molar refractivity (Wildman–Crippen MR) is 63.7 cm³/mol. The SMILES string of the molecule is C=C(C)C(=O)OCC(C)(CC)CCCC. The summed E-state index contributed by atoms with van der Waals surface area (Å²) in [6.45, 7) is 12.3. The first-order valence-electron chi connectivity index (χ1n) is 5.78. The van der Waals surface area contributed by atoms with E-state index in [2.05, 4.69) is 27.4 Å². The molecule has 0 aromatic heterocycles. The van der Waals surface area contributed by atoms with Crippen LogP contribution in [0.1, 0.15) is 53.4 Å². The molecule has 0 saturated heterocycles. The van der Waals surface area contributed by atoms with Gasteiger partial charge in [0.05, 0.1) is 6.61 Å². The zero-order chi connectivity index (χ0) is 11.9. The largest absolute Gasteiger partial charge is 0.462 e. The van der Waals surface area contributed by atoms with Crippen LogP contribution >= 0.6 is 0 Å². The second-order valence-electron chi connectivity index (χ2n) is 4.62. The Kier molecular flexibility index (Phi) is 6.30. The lowest BCUT2D eigenvalue weighted by atomic mass is 9.83. The first-order valence-corrected chi connectivity index (χ1v) is 5.78. The highest BCUT2D eigenvalue weighted by Gasteiger charge is 2.23. The van der Waals surface area contributed by atoms with Gasteiger partial charge in [-0.25, -0.2) is 4.79 Å². The summed E-state index contributed by atoms with van der Waals surface area (Å²) in [5.74, 6) is -0.272. The zero-order valence-electron chi connectivity index (χ0n) is 10.6. The van der Waals surface area contributed by atoms with Crippen molar-refractivity contribution < 1.29 is 9.53 Å². The molecule has 0 aromatic rings. The van der Waals surface area contributed by atoms with Gasteiger partial charge < -0.3 is 4.74 Å². The van der Waals surface area contributed by atoms with Gasteiger partial charge in [-0.1, -0.05) is 40.2 Å². The van der Waals surface area contributed by atoms with Crippen LogP contribution in [0.25, 0.3) is 0 Å². The van der Waals surface area contributed by atoms with Crippen molar-refractivity contribution in [3.8, 4) is 0 Å². The molecule has 15 heavy (non-hydrogen) atoms. The third-order valence-corrected chi connectivity index (χ3v) is 2.89. The fourth-order valence-electron chi connectivity index (χ4n) is 1.32. The first kappa shape index (κ1) is 14.2. The highest BCUT2D eigenvalue weighted by Crippen LogP contribution is 2.28. The van der Waals surface area contributed by atoms with Crippen molar-refractivity contribution in [2.45, 2.75) is 53.4 Å². The van der Waals surface area contributed by atoms with Gasteiger partial charge in [-0.3, -0.25) is 0 Å². The van der Waals surface area contributed by atoms with Crippen molar-refractivity contribution in [2.75, 3.05) is 6.61 Å². The van der Waals surface area contributed by atoms with Gasteiger partial charge in [-0.05, 0) is 19.8 Å². The molecule has 0 spiro atoms. The fourth-order valence-corrected chi connectivity index (χ4v) is 1.32. The molecule has 0 aromatic carbocycles. The highest BCUT2D eigenvalue weighted by atomic mass is 16.5. The van der Waals surface area contributed by atoms with Crippen LogP contribution in [-0.2, 0) is 9.53 Å². The van der Waals surface area contributed by atoms with E-state index < -0.39 is 0 Å². The lowest BCUT2D eigenvalue weighted by molar-refractivity contribution is -0.142. The maximum Gasteiger partial charge on any atom is 0.333 e. The van der Waals surface area contributed by atoms with Gasteiger partial charge in [-0.15, -0.1) is 0 Å². The van der Waals surface area contributed by atoms with Gasteiger partial charge >= 0.3 is 5.97 Å². The van der Waals surface area contributed by atoms with Gasteiger partial charge in [0.15, 0.2) is 0 Å². The van der Waals surface area contributed by atoms with Gasteiger partial charge in [0, 0.05) is 11.0 Å². The molecule has 2 heteroatoms. The van der Waals surface area contributed by atoms with E-state index in [1.807, 2.05) is 0 Å². The van der Waals surface area contributed by atoms with Crippen LogP contribution in [0, 0.1) is 5.41 Å². The summed E-state index contributed by atoms with van der Waals surface area (Å²) in [4.78, 5) is 11.3. The molecule has 0 aliphatic heterocycles. The van der Waals surface area contributed by atoms with Crippen molar-refractivity contribution in [2.24, 2.45) is 5.41 Å². The van der Waals surface area contributed by atoms with E-state index in [-0.39, 0.29) is 11.4 Å². The zero-order valence-corrected chi connectivity index (χ0v) is 10.6. The fraction of sp³-hybridized carbons (Fsp3) is 0.769. The van der Waals surface area contributed by atoms with Crippen molar-refractivity contribution in [3.63, 3.8) is 0 Å². The molecule has 0 radical (unpaired) electrons. The second kappa shape index (κ2) is 6.65. The summed E-state index contributed by atoms with van der Waals surface area (Å²) in [7, 11) is 0. The van der Waals surface area contributed by atoms with Crippen LogP contribution in [0.2, 0.25) is 0 Å². The lowest BCUT2D eigenvalue weighted by Gasteiger charge is -2.27. The lowest BCUT2D eigenvalue weighted by Crippen LogP contribution is -2.24. The molecule has 0 aliphatic carbocycles. The Morgan fingerprint density at radius 2 is 2.00 bits per heavy atom. The van der Waals surface area contributed by atoms with Crippen molar-refractivity contribution in [1.29, 1.82) is 0 Å². The molecular weight excluding hydrogens is 188 g/mol. The van der Waals surface area contributed by atoms with Gasteiger partial charge in [0.2, 0.25) is 0 Å². The van der Waals surface area contributed by atoms with Crippen LogP contribution in [-0.4, -0.2) is 12.6 Å². The molecule has 0 aliphatic rings. The van der Waals surface area contributed by atoms with E-state index in [0.29, 0.717) is 12.2 Å². The van der Waals surface area contributed by atoms with E-state index in [1.54, 1.807) is 6.92 Å². The van der Waals surface area contributed by atoms with Crippen molar-refractivity contribution >= 4 is 5.97 Å². The second-order valence-corrected chi connectivity index (χ2v) is 4.62. The van der Waals surface area contributed by atoms with E-state index in [0.717, 1.165) is 12.8 Å². The monoisotopic (exact) mass is 212 g/mol. The molecule has 1 unspecified atom stereocenters. The number of esters is 1. The Labute approximate surface area is 93.7 Å². The molecular formula is C13H24O2. The Hall–Kier alpha value is -0.790. The predicted octanol–water partition coefficient (Wildman–Crippen LogP) is 3.71. The molecule has 0 saturated carbocycles. The molecule has 0 heterocycles. The van der Waals surface area contributed by atoms with Gasteiger partial charge in [0.25, 0.3) is 0 Å². The molecule has 0 rings (SSSR count). The maximum absolute atomic E-state index is 11.3. The summed E-state index contributed by atoms with van der Waals surface area (Å²) in [5.41, 5.74) is 0.602.